The maximum atomic E-state index is 6.06. The second-order valence-electron chi connectivity index (χ2n) is 4.76. The van der Waals surface area contributed by atoms with Crippen LogP contribution in [0.4, 0.5) is 5.82 Å². The standard InChI is InChI=1S/C16H21N3O/c1-11-9-10-19-16(17)13(11)14(18-2)15(20-3)12-7-5-4-6-8-12/h4-10,14-15,18H,1-3H3,(H2,17,19). The van der Waals surface area contributed by atoms with Crippen molar-refractivity contribution in [2.45, 2.75) is 19.1 Å². The highest BCUT2D eigenvalue weighted by atomic mass is 16.5. The molecule has 0 aliphatic carbocycles. The van der Waals surface area contributed by atoms with Gasteiger partial charge in [-0.1, -0.05) is 30.3 Å². The van der Waals surface area contributed by atoms with Gasteiger partial charge in [0.15, 0.2) is 0 Å². The van der Waals surface area contributed by atoms with E-state index in [9.17, 15) is 0 Å². The zero-order chi connectivity index (χ0) is 14.5. The van der Waals surface area contributed by atoms with Crippen molar-refractivity contribution in [3.05, 3.63) is 59.3 Å². The summed E-state index contributed by atoms with van der Waals surface area (Å²) in [5.41, 5.74) is 9.27. The SMILES string of the molecule is CNC(c1c(C)ccnc1N)C(OC)c1ccccc1. The Hall–Kier alpha value is -1.91. The van der Waals surface area contributed by atoms with Crippen LogP contribution in [-0.4, -0.2) is 19.1 Å². The molecule has 1 heterocycles. The zero-order valence-corrected chi connectivity index (χ0v) is 12.1. The number of pyridine rings is 1. The van der Waals surface area contributed by atoms with Crippen molar-refractivity contribution in [1.29, 1.82) is 0 Å². The maximum absolute atomic E-state index is 6.06. The van der Waals surface area contributed by atoms with Gasteiger partial charge in [0.05, 0.1) is 6.04 Å². The van der Waals surface area contributed by atoms with Gasteiger partial charge in [-0.05, 0) is 31.2 Å². The number of nitrogens with two attached hydrogens (primary N) is 1. The van der Waals surface area contributed by atoms with Crippen LogP contribution in [0.3, 0.4) is 0 Å². The van der Waals surface area contributed by atoms with Crippen LogP contribution in [0.25, 0.3) is 0 Å². The molecule has 0 radical (unpaired) electrons. The van der Waals surface area contributed by atoms with Crippen LogP contribution in [0.1, 0.15) is 28.8 Å². The van der Waals surface area contributed by atoms with Crippen molar-refractivity contribution in [1.82, 2.24) is 10.3 Å². The molecule has 3 N–H and O–H groups in total. The minimum absolute atomic E-state index is 0.0453. The van der Waals surface area contributed by atoms with Crippen LogP contribution in [0.15, 0.2) is 42.6 Å². The van der Waals surface area contributed by atoms with Gasteiger partial charge in [0.2, 0.25) is 0 Å². The summed E-state index contributed by atoms with van der Waals surface area (Å²) in [5.74, 6) is 0.544. The minimum Gasteiger partial charge on any atom is -0.383 e. The zero-order valence-electron chi connectivity index (χ0n) is 12.1. The summed E-state index contributed by atoms with van der Waals surface area (Å²) >= 11 is 0. The average molecular weight is 271 g/mol. The minimum atomic E-state index is -0.119. The fourth-order valence-electron chi connectivity index (χ4n) is 2.55. The van der Waals surface area contributed by atoms with Gasteiger partial charge in [-0.15, -0.1) is 0 Å². The molecule has 2 unspecified atom stereocenters. The lowest BCUT2D eigenvalue weighted by Crippen LogP contribution is -2.27. The molecule has 20 heavy (non-hydrogen) atoms. The summed E-state index contributed by atoms with van der Waals surface area (Å²) in [4.78, 5) is 4.20. The van der Waals surface area contributed by atoms with E-state index < -0.39 is 0 Å². The average Bonchev–Trinajstić information content (AvgIpc) is 2.47. The van der Waals surface area contributed by atoms with Crippen LogP contribution < -0.4 is 11.1 Å². The second kappa shape index (κ2) is 6.50. The third kappa shape index (κ3) is 2.81. The summed E-state index contributed by atoms with van der Waals surface area (Å²) in [7, 11) is 3.62. The molecule has 106 valence electrons. The molecule has 1 aromatic heterocycles. The molecule has 2 aromatic rings. The van der Waals surface area contributed by atoms with E-state index in [4.69, 9.17) is 10.5 Å². The van der Waals surface area contributed by atoms with Crippen LogP contribution in [0, 0.1) is 6.92 Å². The van der Waals surface area contributed by atoms with Gasteiger partial charge in [0.25, 0.3) is 0 Å². The van der Waals surface area contributed by atoms with Gasteiger partial charge < -0.3 is 15.8 Å². The first kappa shape index (κ1) is 14.5. The highest BCUT2D eigenvalue weighted by Gasteiger charge is 2.26. The van der Waals surface area contributed by atoms with Gasteiger partial charge in [0.1, 0.15) is 11.9 Å². The number of nitrogens with zero attached hydrogens (tertiary/aromatic N) is 1. The topological polar surface area (TPSA) is 60.2 Å². The van der Waals surface area contributed by atoms with Crippen molar-refractivity contribution in [3.63, 3.8) is 0 Å². The molecule has 0 aliphatic rings. The number of nitrogen functional groups attached to an aromatic ring is 1. The van der Waals surface area contributed by atoms with Crippen molar-refractivity contribution in [2.75, 3.05) is 19.9 Å². The summed E-state index contributed by atoms with van der Waals surface area (Å²) in [6, 6.07) is 12.0. The Kier molecular flexibility index (Phi) is 4.71. The van der Waals surface area contributed by atoms with Gasteiger partial charge in [-0.25, -0.2) is 4.98 Å². The molecule has 0 amide bonds. The molecule has 4 heteroatoms. The van der Waals surface area contributed by atoms with Crippen LogP contribution in [0.2, 0.25) is 0 Å². The third-order valence-electron chi connectivity index (χ3n) is 3.55. The quantitative estimate of drug-likeness (QED) is 0.877. The molecule has 0 spiro atoms. The van der Waals surface area contributed by atoms with E-state index in [0.29, 0.717) is 5.82 Å². The van der Waals surface area contributed by atoms with Crippen molar-refractivity contribution in [3.8, 4) is 0 Å². The molecule has 0 aliphatic heterocycles. The largest absolute Gasteiger partial charge is 0.383 e. The first-order chi connectivity index (χ1) is 9.69. The van der Waals surface area contributed by atoms with E-state index in [1.807, 2.05) is 38.2 Å². The lowest BCUT2D eigenvalue weighted by atomic mass is 9.93. The molecule has 0 bridgehead atoms. The number of likely N-dealkylation sites (N-methyl/N-ethyl adjacent to an activating group) is 1. The summed E-state index contributed by atoms with van der Waals surface area (Å²) in [5, 5.41) is 3.30. The predicted octanol–water partition coefficient (Wildman–Crippen LogP) is 2.62. The molecule has 2 atom stereocenters. The molecular weight excluding hydrogens is 250 g/mol. The van der Waals surface area contributed by atoms with E-state index in [1.54, 1.807) is 13.3 Å². The predicted molar refractivity (Wildman–Crippen MR) is 81.4 cm³/mol. The summed E-state index contributed by atoms with van der Waals surface area (Å²) in [6.07, 6.45) is 1.61. The Morgan fingerprint density at radius 1 is 1.20 bits per heavy atom. The van der Waals surface area contributed by atoms with Gasteiger partial charge in [-0.2, -0.15) is 0 Å². The van der Waals surface area contributed by atoms with Crippen molar-refractivity contribution >= 4 is 5.82 Å². The fourth-order valence-corrected chi connectivity index (χ4v) is 2.55. The Morgan fingerprint density at radius 3 is 2.45 bits per heavy atom. The molecule has 0 saturated carbocycles. The Labute approximate surface area is 120 Å². The number of hydrogen-bond donors (Lipinski definition) is 2. The number of aromatic nitrogens is 1. The molecule has 2 rings (SSSR count). The van der Waals surface area contributed by atoms with Crippen LogP contribution in [0.5, 0.6) is 0 Å². The van der Waals surface area contributed by atoms with E-state index in [0.717, 1.165) is 16.7 Å². The lowest BCUT2D eigenvalue weighted by Gasteiger charge is -2.28. The first-order valence-electron chi connectivity index (χ1n) is 6.65. The lowest BCUT2D eigenvalue weighted by molar-refractivity contribution is 0.0701. The van der Waals surface area contributed by atoms with E-state index in [1.165, 1.54) is 0 Å². The highest BCUT2D eigenvalue weighted by molar-refractivity contribution is 5.47. The van der Waals surface area contributed by atoms with Gasteiger partial charge >= 0.3 is 0 Å². The number of aryl methyl sites for hydroxylation is 1. The monoisotopic (exact) mass is 271 g/mol. The Bertz CT molecular complexity index is 537. The van der Waals surface area contributed by atoms with E-state index in [2.05, 4.69) is 22.4 Å². The number of rotatable bonds is 5. The summed E-state index contributed by atoms with van der Waals surface area (Å²) in [6.45, 7) is 2.04. The van der Waals surface area contributed by atoms with Gasteiger partial charge in [-0.3, -0.25) is 0 Å². The Balaban J connectivity index is 2.45. The highest BCUT2D eigenvalue weighted by Crippen LogP contribution is 2.34. The van der Waals surface area contributed by atoms with Crippen LogP contribution >= 0.6 is 0 Å². The number of ether oxygens (including phenoxy) is 1. The maximum Gasteiger partial charge on any atom is 0.128 e. The van der Waals surface area contributed by atoms with Gasteiger partial charge in [0, 0.05) is 18.9 Å². The Morgan fingerprint density at radius 2 is 1.90 bits per heavy atom. The molecule has 1 aromatic carbocycles. The molecule has 4 nitrogen and oxygen atoms in total. The number of methoxy groups -OCH3 is 1. The van der Waals surface area contributed by atoms with E-state index >= 15 is 0 Å². The molecule has 0 fully saturated rings. The van der Waals surface area contributed by atoms with Crippen molar-refractivity contribution < 1.29 is 4.74 Å². The first-order valence-corrected chi connectivity index (χ1v) is 6.65. The van der Waals surface area contributed by atoms with Crippen LogP contribution in [-0.2, 0) is 4.74 Å². The van der Waals surface area contributed by atoms with Crippen molar-refractivity contribution in [2.24, 2.45) is 0 Å². The summed E-state index contributed by atoms with van der Waals surface area (Å²) < 4.78 is 5.71. The number of hydrogen-bond acceptors (Lipinski definition) is 4. The third-order valence-corrected chi connectivity index (χ3v) is 3.55. The fraction of sp³-hybridized carbons (Fsp3) is 0.312. The second-order valence-corrected chi connectivity index (χ2v) is 4.76. The normalized spacial score (nSPS) is 13.9. The number of nitrogens with one attached hydrogen (secondary N) is 1. The number of anilines is 1. The molecule has 0 saturated heterocycles. The molecular formula is C16H21N3O. The number of benzene rings is 1. The smallest absolute Gasteiger partial charge is 0.128 e. The van der Waals surface area contributed by atoms with E-state index in [-0.39, 0.29) is 12.1 Å².